The molecule has 10 heteroatoms. The van der Waals surface area contributed by atoms with Gasteiger partial charge in [0.05, 0.1) is 18.6 Å². The number of thioether (sulfide) groups is 1. The summed E-state index contributed by atoms with van der Waals surface area (Å²) in [7, 11) is 0. The number of amides is 2. The van der Waals surface area contributed by atoms with Crippen LogP contribution in [0.15, 0.2) is 57.5 Å². The molecule has 0 unspecified atom stereocenters. The van der Waals surface area contributed by atoms with Gasteiger partial charge in [0.2, 0.25) is 16.9 Å². The van der Waals surface area contributed by atoms with Crippen LogP contribution in [0.5, 0.6) is 0 Å². The van der Waals surface area contributed by atoms with E-state index in [0.717, 1.165) is 41.2 Å². The Morgan fingerprint density at radius 1 is 1.06 bits per heavy atom. The zero-order chi connectivity index (χ0) is 22.9. The van der Waals surface area contributed by atoms with Crippen LogP contribution in [0.25, 0.3) is 0 Å². The van der Waals surface area contributed by atoms with Crippen LogP contribution in [0.4, 0.5) is 5.13 Å². The smallest absolute Gasteiger partial charge is 0.230 e. The highest BCUT2D eigenvalue weighted by atomic mass is 32.2. The number of benzene rings is 1. The van der Waals surface area contributed by atoms with Crippen molar-refractivity contribution in [3.8, 4) is 0 Å². The third kappa shape index (κ3) is 7.06. The molecule has 174 valence electrons. The van der Waals surface area contributed by atoms with Crippen LogP contribution in [-0.2, 0) is 22.6 Å². The van der Waals surface area contributed by atoms with Gasteiger partial charge in [0.1, 0.15) is 5.76 Å². The van der Waals surface area contributed by atoms with E-state index in [1.54, 1.807) is 12.3 Å². The van der Waals surface area contributed by atoms with Crippen LogP contribution < -0.4 is 10.2 Å². The van der Waals surface area contributed by atoms with Gasteiger partial charge in [-0.05, 0) is 30.5 Å². The predicted octanol–water partition coefficient (Wildman–Crippen LogP) is 3.21. The second-order valence-electron chi connectivity index (χ2n) is 7.70. The molecule has 0 aliphatic carbocycles. The second kappa shape index (κ2) is 11.9. The van der Waals surface area contributed by atoms with Crippen molar-refractivity contribution in [3.05, 3.63) is 60.1 Å². The lowest BCUT2D eigenvalue weighted by atomic mass is 10.1. The number of nitrogens with one attached hydrogen (secondary N) is 1. The molecule has 2 aromatic heterocycles. The van der Waals surface area contributed by atoms with E-state index in [4.69, 9.17) is 4.42 Å². The number of carbonyl (C=O) groups is 2. The Morgan fingerprint density at radius 3 is 2.64 bits per heavy atom. The lowest BCUT2D eigenvalue weighted by Crippen LogP contribution is -2.48. The fourth-order valence-electron chi connectivity index (χ4n) is 3.56. The van der Waals surface area contributed by atoms with Gasteiger partial charge in [0, 0.05) is 32.6 Å². The molecule has 1 saturated heterocycles. The number of hydrogen-bond donors (Lipinski definition) is 1. The van der Waals surface area contributed by atoms with Crippen molar-refractivity contribution >= 4 is 40.0 Å². The Hall–Kier alpha value is -2.85. The van der Waals surface area contributed by atoms with Crippen molar-refractivity contribution in [2.24, 2.45) is 0 Å². The van der Waals surface area contributed by atoms with Crippen molar-refractivity contribution in [1.82, 2.24) is 20.4 Å². The normalized spacial score (nSPS) is 13.8. The molecule has 0 spiro atoms. The van der Waals surface area contributed by atoms with Crippen LogP contribution in [-0.4, -0.2) is 58.8 Å². The Kier molecular flexibility index (Phi) is 8.37. The maximum atomic E-state index is 12.5. The van der Waals surface area contributed by atoms with Gasteiger partial charge >= 0.3 is 0 Å². The monoisotopic (exact) mass is 485 g/mol. The summed E-state index contributed by atoms with van der Waals surface area (Å²) in [6.45, 7) is 3.26. The summed E-state index contributed by atoms with van der Waals surface area (Å²) in [5.74, 6) is 1.15. The highest BCUT2D eigenvalue weighted by Crippen LogP contribution is 2.28. The standard InChI is InChI=1S/C23H27N5O3S2/c29-20(24-16-19-9-5-15-31-19)17-32-23-26-25-22(33-23)28-13-11-27(12-14-28)21(30)10-4-8-18-6-2-1-3-7-18/h1-3,5-7,9,15H,4,8,10-14,16-17H2,(H,24,29). The first-order chi connectivity index (χ1) is 16.2. The average molecular weight is 486 g/mol. The first-order valence-electron chi connectivity index (χ1n) is 11.0. The topological polar surface area (TPSA) is 91.6 Å². The van der Waals surface area contributed by atoms with Gasteiger partial charge < -0.3 is 19.5 Å². The number of nitrogens with zero attached hydrogens (tertiary/aromatic N) is 4. The fraction of sp³-hybridized carbons (Fsp3) is 0.391. The highest BCUT2D eigenvalue weighted by Gasteiger charge is 2.23. The first-order valence-corrected chi connectivity index (χ1v) is 12.8. The van der Waals surface area contributed by atoms with E-state index >= 15 is 0 Å². The molecule has 3 aromatic rings. The zero-order valence-corrected chi connectivity index (χ0v) is 19.9. The van der Waals surface area contributed by atoms with Crippen LogP contribution in [0.3, 0.4) is 0 Å². The van der Waals surface area contributed by atoms with E-state index < -0.39 is 0 Å². The molecule has 0 radical (unpaired) electrons. The van der Waals surface area contributed by atoms with Crippen molar-refractivity contribution in [3.63, 3.8) is 0 Å². The molecular formula is C23H27N5O3S2. The number of hydrogen-bond acceptors (Lipinski definition) is 8. The zero-order valence-electron chi connectivity index (χ0n) is 18.3. The van der Waals surface area contributed by atoms with Gasteiger partial charge in [-0.3, -0.25) is 9.59 Å². The summed E-state index contributed by atoms with van der Waals surface area (Å²) >= 11 is 2.86. The van der Waals surface area contributed by atoms with E-state index in [2.05, 4.69) is 32.5 Å². The molecule has 8 nitrogen and oxygen atoms in total. The SMILES string of the molecule is O=C(CSc1nnc(N2CCN(C(=O)CCCc3ccccc3)CC2)s1)NCc1ccco1. The van der Waals surface area contributed by atoms with E-state index in [-0.39, 0.29) is 17.6 Å². The summed E-state index contributed by atoms with van der Waals surface area (Å²) in [5, 5.41) is 12.1. The maximum absolute atomic E-state index is 12.5. The van der Waals surface area contributed by atoms with Crippen molar-refractivity contribution < 1.29 is 14.0 Å². The summed E-state index contributed by atoms with van der Waals surface area (Å²) < 4.78 is 5.97. The molecule has 3 heterocycles. The molecule has 1 aromatic carbocycles. The minimum absolute atomic E-state index is 0.0764. The van der Waals surface area contributed by atoms with E-state index in [0.29, 0.717) is 26.1 Å². The molecule has 1 aliphatic rings. The molecule has 2 amide bonds. The minimum Gasteiger partial charge on any atom is -0.467 e. The maximum Gasteiger partial charge on any atom is 0.230 e. The number of piperazine rings is 1. The van der Waals surface area contributed by atoms with Gasteiger partial charge in [-0.25, -0.2) is 0 Å². The molecule has 0 bridgehead atoms. The Bertz CT molecular complexity index is 1020. The third-order valence-electron chi connectivity index (χ3n) is 5.36. The van der Waals surface area contributed by atoms with Gasteiger partial charge in [0.15, 0.2) is 4.34 Å². The lowest BCUT2D eigenvalue weighted by molar-refractivity contribution is -0.131. The quantitative estimate of drug-likeness (QED) is 0.441. The summed E-state index contributed by atoms with van der Waals surface area (Å²) in [5.41, 5.74) is 1.27. The van der Waals surface area contributed by atoms with Gasteiger partial charge in [-0.2, -0.15) is 0 Å². The fourth-order valence-corrected chi connectivity index (χ4v) is 5.28. The van der Waals surface area contributed by atoms with E-state index in [1.807, 2.05) is 29.2 Å². The number of aromatic nitrogens is 2. The Labute approximate surface area is 201 Å². The van der Waals surface area contributed by atoms with Crippen LogP contribution in [0, 0.1) is 0 Å². The Morgan fingerprint density at radius 2 is 1.88 bits per heavy atom. The summed E-state index contributed by atoms with van der Waals surface area (Å²) in [6, 6.07) is 13.9. The third-order valence-corrected chi connectivity index (χ3v) is 7.48. The number of carbonyl (C=O) groups excluding carboxylic acids is 2. The van der Waals surface area contributed by atoms with Crippen molar-refractivity contribution in [2.75, 3.05) is 36.8 Å². The van der Waals surface area contributed by atoms with Crippen molar-refractivity contribution in [2.45, 2.75) is 30.1 Å². The molecule has 1 fully saturated rings. The van der Waals surface area contributed by atoms with Crippen LogP contribution >= 0.6 is 23.1 Å². The number of rotatable bonds is 10. The second-order valence-corrected chi connectivity index (χ2v) is 9.88. The van der Waals surface area contributed by atoms with E-state index in [1.165, 1.54) is 28.7 Å². The molecule has 0 atom stereocenters. The molecule has 1 aliphatic heterocycles. The Balaban J connectivity index is 1.15. The summed E-state index contributed by atoms with van der Waals surface area (Å²) in [4.78, 5) is 28.7. The molecule has 4 rings (SSSR count). The number of aryl methyl sites for hydroxylation is 1. The van der Waals surface area contributed by atoms with Crippen LogP contribution in [0.2, 0.25) is 0 Å². The number of furan rings is 1. The molecule has 33 heavy (non-hydrogen) atoms. The summed E-state index contributed by atoms with van der Waals surface area (Å²) in [6.07, 6.45) is 3.96. The molecule has 0 saturated carbocycles. The molecule has 1 N–H and O–H groups in total. The lowest BCUT2D eigenvalue weighted by Gasteiger charge is -2.34. The highest BCUT2D eigenvalue weighted by molar-refractivity contribution is 8.01. The minimum atomic E-state index is -0.0764. The first kappa shape index (κ1) is 23.3. The van der Waals surface area contributed by atoms with Gasteiger partial charge in [-0.1, -0.05) is 53.4 Å². The largest absolute Gasteiger partial charge is 0.467 e. The number of anilines is 1. The van der Waals surface area contributed by atoms with Gasteiger partial charge in [-0.15, -0.1) is 10.2 Å². The van der Waals surface area contributed by atoms with E-state index in [9.17, 15) is 9.59 Å². The molecular weight excluding hydrogens is 458 g/mol. The predicted molar refractivity (Wildman–Crippen MR) is 129 cm³/mol. The van der Waals surface area contributed by atoms with Crippen LogP contribution in [0.1, 0.15) is 24.2 Å². The van der Waals surface area contributed by atoms with Crippen molar-refractivity contribution in [1.29, 1.82) is 0 Å². The average Bonchev–Trinajstić information content (AvgIpc) is 3.54. The van der Waals surface area contributed by atoms with Gasteiger partial charge in [0.25, 0.3) is 0 Å².